The molecule has 8 bridgehead atoms. The van der Waals surface area contributed by atoms with Gasteiger partial charge in [-0.05, 0) is 201 Å². The van der Waals surface area contributed by atoms with Gasteiger partial charge in [-0.1, -0.05) is 143 Å². The molecular formula is C79H75N5O4. The summed E-state index contributed by atoms with van der Waals surface area (Å²) in [4.78, 5) is 33.0. The third kappa shape index (κ3) is 12.6. The van der Waals surface area contributed by atoms with Gasteiger partial charge in [0.1, 0.15) is 11.5 Å². The average molecular weight is 1160 g/mol. The number of hydrogen-bond acceptors (Lipinski definition) is 6. The van der Waals surface area contributed by atoms with Gasteiger partial charge in [0.25, 0.3) is 0 Å². The molecule has 9 heteroatoms. The first kappa shape index (κ1) is 59.6. The van der Waals surface area contributed by atoms with E-state index in [1.807, 2.05) is 36.4 Å². The number of aromatic carboxylic acids is 1. The molecule has 11 rings (SSSR count). The Morgan fingerprint density at radius 2 is 0.739 bits per heavy atom. The number of carboxylic acid groups (broad SMARTS) is 1. The van der Waals surface area contributed by atoms with Gasteiger partial charge in [-0.3, -0.25) is 0 Å². The molecule has 0 saturated heterocycles. The van der Waals surface area contributed by atoms with Gasteiger partial charge in [0, 0.05) is 50.3 Å². The Morgan fingerprint density at radius 3 is 1.09 bits per heavy atom. The van der Waals surface area contributed by atoms with Crippen molar-refractivity contribution in [1.29, 1.82) is 0 Å². The van der Waals surface area contributed by atoms with E-state index in [1.165, 1.54) is 22.3 Å². The topological polar surface area (TPSA) is 116 Å². The molecule has 0 radical (unpaired) electrons. The van der Waals surface area contributed by atoms with E-state index < -0.39 is 5.97 Å². The van der Waals surface area contributed by atoms with E-state index >= 15 is 0 Å². The lowest BCUT2D eigenvalue weighted by Gasteiger charge is -2.26. The fourth-order valence-corrected chi connectivity index (χ4v) is 10.9. The van der Waals surface area contributed by atoms with Crippen LogP contribution < -0.4 is 14.4 Å². The number of rotatable bonds is 8. The minimum atomic E-state index is -0.995. The van der Waals surface area contributed by atoms with Crippen molar-refractivity contribution < 1.29 is 19.4 Å². The average Bonchev–Trinajstić information content (AvgIpc) is 1.86. The summed E-state index contributed by atoms with van der Waals surface area (Å²) in [5, 5.41) is 9.73. The van der Waals surface area contributed by atoms with Crippen molar-refractivity contribution in [1.82, 2.24) is 19.9 Å². The van der Waals surface area contributed by atoms with Crippen LogP contribution in [0.2, 0.25) is 0 Å². The first-order valence-electron chi connectivity index (χ1n) is 29.9. The standard InChI is InChI=1S/C79H75N5O4/c1-76(2,3)54-43-52(44-55(47-54)77(4,5)6)73-69-39-35-65(80-69)63(33-19-49-15-21-51(22-16-49)75(85)86)66-36-40-70(81-66)74(53-45-56(78(7,8)9)48-57(46-53)79(10,11)12)72-42-38-68(83-72)64(67-37-41-71(73)82-67)34-20-50-17-23-58(24-18-50)84(59-25-29-61(87-13)30-26-59)60-27-31-62(88-14)32-28-60/h15-18,21-32,35-48,82-83H,1-14H3,(H,85,86). The second-order valence-electron chi connectivity index (χ2n) is 26.8. The largest absolute Gasteiger partial charge is 0.497 e. The summed E-state index contributed by atoms with van der Waals surface area (Å²) in [7, 11) is 3.35. The quantitative estimate of drug-likeness (QED) is 0.130. The molecule has 6 aromatic carbocycles. The van der Waals surface area contributed by atoms with Crippen LogP contribution in [0.4, 0.5) is 17.1 Å². The summed E-state index contributed by atoms with van der Waals surface area (Å²) in [5.74, 6) is 14.7. The predicted molar refractivity (Wildman–Crippen MR) is 364 cm³/mol. The van der Waals surface area contributed by atoms with E-state index in [-0.39, 0.29) is 27.2 Å². The first-order valence-corrected chi connectivity index (χ1v) is 29.9. The lowest BCUT2D eigenvalue weighted by Crippen LogP contribution is -2.16. The molecule has 0 saturated carbocycles. The Kier molecular flexibility index (Phi) is 15.8. The number of hydrogen-bond donors (Lipinski definition) is 3. The molecule has 0 aliphatic carbocycles. The van der Waals surface area contributed by atoms with Crippen molar-refractivity contribution in [3.8, 4) is 57.4 Å². The van der Waals surface area contributed by atoms with Crippen LogP contribution in [0.3, 0.4) is 0 Å². The zero-order valence-corrected chi connectivity index (χ0v) is 52.8. The minimum absolute atomic E-state index is 0.164. The van der Waals surface area contributed by atoms with Crippen LogP contribution in [0, 0.1) is 23.7 Å². The Morgan fingerprint density at radius 1 is 0.409 bits per heavy atom. The number of methoxy groups -OCH3 is 2. The van der Waals surface area contributed by atoms with Crippen molar-refractivity contribution in [3.63, 3.8) is 0 Å². The number of carbonyl (C=O) groups is 1. The van der Waals surface area contributed by atoms with Crippen molar-refractivity contribution in [2.45, 2.75) is 105 Å². The Hall–Kier alpha value is -10.1. The van der Waals surface area contributed by atoms with Gasteiger partial charge in [-0.25, -0.2) is 14.8 Å². The molecule has 2 aliphatic rings. The summed E-state index contributed by atoms with van der Waals surface area (Å²) in [6.07, 6.45) is 8.23. The summed E-state index contributed by atoms with van der Waals surface area (Å²) in [6.45, 7) is 27.1. The lowest BCUT2D eigenvalue weighted by atomic mass is 9.78. The number of ether oxygens (including phenoxy) is 2. The van der Waals surface area contributed by atoms with Gasteiger partial charge < -0.3 is 29.4 Å². The smallest absolute Gasteiger partial charge is 0.335 e. The number of nitrogens with one attached hydrogen (secondary N) is 2. The number of nitrogens with zero attached hydrogens (tertiary/aromatic N) is 3. The van der Waals surface area contributed by atoms with Crippen molar-refractivity contribution >= 4 is 69.4 Å². The fraction of sp³-hybridized carbons (Fsp3) is 0.228. The molecule has 0 spiro atoms. The highest BCUT2D eigenvalue weighted by Gasteiger charge is 2.26. The maximum Gasteiger partial charge on any atom is 0.335 e. The highest BCUT2D eigenvalue weighted by Crippen LogP contribution is 2.42. The van der Waals surface area contributed by atoms with Crippen molar-refractivity contribution in [3.05, 3.63) is 231 Å². The number of H-pyrrole nitrogens is 2. The van der Waals surface area contributed by atoms with Gasteiger partial charge in [0.05, 0.1) is 64.7 Å². The third-order valence-electron chi connectivity index (χ3n) is 16.2. The van der Waals surface area contributed by atoms with E-state index in [0.717, 1.165) is 95.4 Å². The maximum absolute atomic E-state index is 11.9. The van der Waals surface area contributed by atoms with Gasteiger partial charge in [-0.2, -0.15) is 0 Å². The summed E-state index contributed by atoms with van der Waals surface area (Å²) in [6, 6.07) is 53.5. The number of fused-ring (bicyclic) bond motifs is 8. The molecule has 3 aromatic heterocycles. The monoisotopic (exact) mass is 1160 g/mol. The number of carboxylic acids is 1. The maximum atomic E-state index is 11.9. The van der Waals surface area contributed by atoms with Gasteiger partial charge in [0.2, 0.25) is 0 Å². The van der Waals surface area contributed by atoms with Gasteiger partial charge >= 0.3 is 5.97 Å². The Balaban J connectivity index is 1.21. The van der Waals surface area contributed by atoms with E-state index in [4.69, 9.17) is 19.4 Å². The van der Waals surface area contributed by atoms with Crippen LogP contribution in [0.5, 0.6) is 11.5 Å². The molecule has 5 heterocycles. The molecule has 3 N–H and O–H groups in total. The third-order valence-corrected chi connectivity index (χ3v) is 16.2. The van der Waals surface area contributed by atoms with E-state index in [0.29, 0.717) is 22.5 Å². The summed E-state index contributed by atoms with van der Waals surface area (Å²) < 4.78 is 11.1. The molecule has 0 unspecified atom stereocenters. The highest BCUT2D eigenvalue weighted by atomic mass is 16.5. The van der Waals surface area contributed by atoms with E-state index in [2.05, 4.69) is 243 Å². The van der Waals surface area contributed by atoms with E-state index in [9.17, 15) is 9.90 Å². The van der Waals surface area contributed by atoms with Crippen LogP contribution >= 0.6 is 0 Å². The number of aromatic amines is 2. The minimum Gasteiger partial charge on any atom is -0.497 e. The molecular weight excluding hydrogens is 1080 g/mol. The second-order valence-corrected chi connectivity index (χ2v) is 26.8. The van der Waals surface area contributed by atoms with Crippen LogP contribution in [0.15, 0.2) is 158 Å². The SMILES string of the molecule is COc1ccc(N(c2ccc(C#Cc3c4ccc([nH]4)c(-c4cc(C(C)(C)C)cc(C(C)(C)C)c4)c4nc(c(C#Cc5ccc(C(=O)O)cc5)c5nc(c(-c6cc(C(C)(C)C)cc(C(C)(C)C)c6)c6ccc3[nH]6)C=C5)C=C4)cc2)c2ccc(OC)cc2)cc1. The van der Waals surface area contributed by atoms with Crippen LogP contribution in [-0.4, -0.2) is 45.2 Å². The summed E-state index contributed by atoms with van der Waals surface area (Å²) in [5.41, 5.74) is 20.3. The normalized spacial score (nSPS) is 12.2. The zero-order valence-electron chi connectivity index (χ0n) is 52.8. The highest BCUT2D eigenvalue weighted by molar-refractivity contribution is 5.96. The fourth-order valence-electron chi connectivity index (χ4n) is 10.9. The molecule has 2 aliphatic heterocycles. The number of benzene rings is 6. The van der Waals surface area contributed by atoms with Crippen LogP contribution in [-0.2, 0) is 21.7 Å². The van der Waals surface area contributed by atoms with Crippen LogP contribution in [0.1, 0.15) is 161 Å². The molecule has 9 aromatic rings. The molecule has 0 amide bonds. The van der Waals surface area contributed by atoms with Crippen molar-refractivity contribution in [2.24, 2.45) is 0 Å². The Bertz CT molecular complexity index is 4280. The van der Waals surface area contributed by atoms with Gasteiger partial charge in [-0.15, -0.1) is 0 Å². The molecule has 0 fully saturated rings. The first-order chi connectivity index (χ1) is 41.8. The van der Waals surface area contributed by atoms with E-state index in [1.54, 1.807) is 38.5 Å². The summed E-state index contributed by atoms with van der Waals surface area (Å²) >= 11 is 0. The lowest BCUT2D eigenvalue weighted by molar-refractivity contribution is 0.0696. The molecule has 0 atom stereocenters. The molecule has 88 heavy (non-hydrogen) atoms. The van der Waals surface area contributed by atoms with Crippen LogP contribution in [0.25, 0.3) is 68.6 Å². The number of aromatic nitrogens is 4. The number of anilines is 3. The molecule has 9 nitrogen and oxygen atoms in total. The van der Waals surface area contributed by atoms with Gasteiger partial charge in [0.15, 0.2) is 0 Å². The second kappa shape index (κ2) is 23.3. The predicted octanol–water partition coefficient (Wildman–Crippen LogP) is 19.2. The van der Waals surface area contributed by atoms with Crippen molar-refractivity contribution in [2.75, 3.05) is 19.1 Å². The molecule has 440 valence electrons. The Labute approximate surface area is 517 Å². The zero-order chi connectivity index (χ0) is 62.5.